The average molecular weight is 262 g/mol. The molecule has 0 bridgehead atoms. The van der Waals surface area contributed by atoms with Crippen molar-refractivity contribution in [3.05, 3.63) is 28.0 Å². The standard InChI is InChI=1S/C11H13ClFNO3/c1-5-3-7(13)9(12)8(10(5)17-2)6(4-14)11(15)16/h3,6H,4,14H2,1-2H3,(H,15,16). The Kier molecular flexibility index (Phi) is 4.31. The van der Waals surface area contributed by atoms with Crippen LogP contribution in [0.15, 0.2) is 6.07 Å². The third-order valence-corrected chi connectivity index (χ3v) is 2.86. The summed E-state index contributed by atoms with van der Waals surface area (Å²) in [5.74, 6) is -2.68. The molecule has 0 aliphatic rings. The minimum Gasteiger partial charge on any atom is -0.496 e. The van der Waals surface area contributed by atoms with Gasteiger partial charge in [-0.25, -0.2) is 4.39 Å². The normalized spacial score (nSPS) is 12.3. The largest absolute Gasteiger partial charge is 0.496 e. The van der Waals surface area contributed by atoms with Gasteiger partial charge in [0.15, 0.2) is 0 Å². The number of halogens is 2. The summed E-state index contributed by atoms with van der Waals surface area (Å²) in [6.45, 7) is 1.42. The first kappa shape index (κ1) is 13.7. The average Bonchev–Trinajstić information content (AvgIpc) is 2.25. The molecule has 0 amide bonds. The summed E-state index contributed by atoms with van der Waals surface area (Å²) < 4.78 is 18.6. The second kappa shape index (κ2) is 5.33. The predicted molar refractivity (Wildman–Crippen MR) is 62.1 cm³/mol. The maximum Gasteiger partial charge on any atom is 0.312 e. The van der Waals surface area contributed by atoms with Crippen molar-refractivity contribution in [2.24, 2.45) is 5.73 Å². The molecule has 1 atom stereocenters. The number of ether oxygens (including phenoxy) is 1. The van der Waals surface area contributed by atoms with Gasteiger partial charge in [-0.15, -0.1) is 0 Å². The first-order valence-corrected chi connectivity index (χ1v) is 5.27. The predicted octanol–water partition coefficient (Wildman–Crippen LogP) is 1.92. The summed E-state index contributed by atoms with van der Waals surface area (Å²) in [6, 6.07) is 1.19. The molecule has 0 aromatic heterocycles. The van der Waals surface area contributed by atoms with Crippen LogP contribution in [0.4, 0.5) is 4.39 Å². The molecule has 1 aromatic rings. The number of aryl methyl sites for hydroxylation is 1. The molecule has 0 saturated heterocycles. The van der Waals surface area contributed by atoms with Gasteiger partial charge in [0.25, 0.3) is 0 Å². The summed E-state index contributed by atoms with van der Waals surface area (Å²) in [6.07, 6.45) is 0. The van der Waals surface area contributed by atoms with E-state index in [0.717, 1.165) is 0 Å². The van der Waals surface area contributed by atoms with Gasteiger partial charge in [0.1, 0.15) is 11.6 Å². The number of carbonyl (C=O) groups is 1. The van der Waals surface area contributed by atoms with E-state index >= 15 is 0 Å². The molecule has 1 aromatic carbocycles. The maximum absolute atomic E-state index is 13.5. The van der Waals surface area contributed by atoms with Gasteiger partial charge in [0.2, 0.25) is 0 Å². The molecular formula is C11H13ClFNO3. The lowest BCUT2D eigenvalue weighted by molar-refractivity contribution is -0.138. The Hall–Kier alpha value is -1.33. The summed E-state index contributed by atoms with van der Waals surface area (Å²) >= 11 is 5.79. The van der Waals surface area contributed by atoms with Crippen LogP contribution in [0.1, 0.15) is 17.0 Å². The number of hydrogen-bond donors (Lipinski definition) is 2. The number of carboxylic acids is 1. The zero-order valence-corrected chi connectivity index (χ0v) is 10.2. The fourth-order valence-corrected chi connectivity index (χ4v) is 1.96. The molecule has 1 unspecified atom stereocenters. The number of benzene rings is 1. The lowest BCUT2D eigenvalue weighted by Gasteiger charge is -2.18. The Labute approximate surface area is 103 Å². The Balaban J connectivity index is 3.53. The van der Waals surface area contributed by atoms with Crippen LogP contribution in [0.5, 0.6) is 5.75 Å². The van der Waals surface area contributed by atoms with Crippen molar-refractivity contribution in [2.75, 3.05) is 13.7 Å². The van der Waals surface area contributed by atoms with Crippen LogP contribution < -0.4 is 10.5 Å². The lowest BCUT2D eigenvalue weighted by Crippen LogP contribution is -2.22. The van der Waals surface area contributed by atoms with Crippen molar-refractivity contribution in [1.82, 2.24) is 0 Å². The topological polar surface area (TPSA) is 72.5 Å². The van der Waals surface area contributed by atoms with E-state index < -0.39 is 17.7 Å². The van der Waals surface area contributed by atoms with E-state index in [-0.39, 0.29) is 22.9 Å². The number of nitrogens with two attached hydrogens (primary N) is 1. The molecule has 6 heteroatoms. The van der Waals surface area contributed by atoms with Crippen molar-refractivity contribution >= 4 is 17.6 Å². The van der Waals surface area contributed by atoms with E-state index in [4.69, 9.17) is 27.2 Å². The van der Waals surface area contributed by atoms with E-state index in [0.29, 0.717) is 5.56 Å². The Morgan fingerprint density at radius 2 is 2.29 bits per heavy atom. The fraction of sp³-hybridized carbons (Fsp3) is 0.364. The van der Waals surface area contributed by atoms with Gasteiger partial charge in [0, 0.05) is 12.1 Å². The minimum absolute atomic E-state index is 0.0849. The molecule has 1 rings (SSSR count). The quantitative estimate of drug-likeness (QED) is 0.869. The molecule has 94 valence electrons. The van der Waals surface area contributed by atoms with E-state index in [1.54, 1.807) is 6.92 Å². The van der Waals surface area contributed by atoms with Crippen LogP contribution in [0.3, 0.4) is 0 Å². The monoisotopic (exact) mass is 261 g/mol. The third-order valence-electron chi connectivity index (χ3n) is 2.48. The molecule has 0 radical (unpaired) electrons. The van der Waals surface area contributed by atoms with E-state index in [9.17, 15) is 9.18 Å². The number of rotatable bonds is 4. The SMILES string of the molecule is COc1c(C)cc(F)c(Cl)c1C(CN)C(=O)O. The first-order chi connectivity index (χ1) is 7.93. The van der Waals surface area contributed by atoms with Crippen molar-refractivity contribution in [2.45, 2.75) is 12.8 Å². The van der Waals surface area contributed by atoms with Crippen LogP contribution >= 0.6 is 11.6 Å². The summed E-state index contributed by atoms with van der Waals surface area (Å²) in [4.78, 5) is 11.1. The Morgan fingerprint density at radius 1 is 1.71 bits per heavy atom. The van der Waals surface area contributed by atoms with Crippen molar-refractivity contribution in [1.29, 1.82) is 0 Å². The highest BCUT2D eigenvalue weighted by molar-refractivity contribution is 6.32. The summed E-state index contributed by atoms with van der Waals surface area (Å²) in [5.41, 5.74) is 5.94. The van der Waals surface area contributed by atoms with Crippen molar-refractivity contribution < 1.29 is 19.0 Å². The highest BCUT2D eigenvalue weighted by Crippen LogP contribution is 2.37. The second-order valence-electron chi connectivity index (χ2n) is 3.56. The molecular weight excluding hydrogens is 249 g/mol. The molecule has 0 saturated carbocycles. The molecule has 17 heavy (non-hydrogen) atoms. The van der Waals surface area contributed by atoms with Gasteiger partial charge in [-0.1, -0.05) is 11.6 Å². The van der Waals surface area contributed by atoms with E-state index in [2.05, 4.69) is 0 Å². The van der Waals surface area contributed by atoms with Gasteiger partial charge >= 0.3 is 5.97 Å². The molecule has 4 nitrogen and oxygen atoms in total. The van der Waals surface area contributed by atoms with E-state index in [1.807, 2.05) is 0 Å². The number of carboxylic acid groups (broad SMARTS) is 1. The molecule has 0 fully saturated rings. The van der Waals surface area contributed by atoms with Gasteiger partial charge in [-0.2, -0.15) is 0 Å². The van der Waals surface area contributed by atoms with Crippen LogP contribution in [0.2, 0.25) is 5.02 Å². The molecule has 0 aliphatic heterocycles. The number of hydrogen-bond acceptors (Lipinski definition) is 3. The highest BCUT2D eigenvalue weighted by Gasteiger charge is 2.27. The third kappa shape index (κ3) is 2.50. The lowest BCUT2D eigenvalue weighted by atomic mass is 9.96. The Bertz CT molecular complexity index is 451. The van der Waals surface area contributed by atoms with Gasteiger partial charge in [-0.3, -0.25) is 4.79 Å². The molecule has 3 N–H and O–H groups in total. The molecule has 0 heterocycles. The maximum atomic E-state index is 13.5. The minimum atomic E-state index is -1.17. The van der Waals surface area contributed by atoms with Gasteiger partial charge in [0.05, 0.1) is 18.1 Å². The van der Waals surface area contributed by atoms with E-state index in [1.165, 1.54) is 13.2 Å². The second-order valence-corrected chi connectivity index (χ2v) is 3.94. The fourth-order valence-electron chi connectivity index (χ4n) is 1.68. The van der Waals surface area contributed by atoms with Gasteiger partial charge < -0.3 is 15.6 Å². The molecule has 0 spiro atoms. The summed E-state index contributed by atoms with van der Waals surface area (Å²) in [5, 5.41) is 8.78. The van der Waals surface area contributed by atoms with Crippen LogP contribution in [-0.2, 0) is 4.79 Å². The first-order valence-electron chi connectivity index (χ1n) is 4.89. The van der Waals surface area contributed by atoms with Crippen LogP contribution in [0, 0.1) is 12.7 Å². The number of aliphatic carboxylic acids is 1. The highest BCUT2D eigenvalue weighted by atomic mass is 35.5. The zero-order chi connectivity index (χ0) is 13.2. The molecule has 0 aliphatic carbocycles. The Morgan fingerprint density at radius 3 is 2.71 bits per heavy atom. The van der Waals surface area contributed by atoms with Crippen LogP contribution in [-0.4, -0.2) is 24.7 Å². The van der Waals surface area contributed by atoms with Crippen molar-refractivity contribution in [3.8, 4) is 5.75 Å². The summed E-state index contributed by atoms with van der Waals surface area (Å²) in [7, 11) is 1.37. The smallest absolute Gasteiger partial charge is 0.312 e. The van der Waals surface area contributed by atoms with Crippen molar-refractivity contribution in [3.63, 3.8) is 0 Å². The number of methoxy groups -OCH3 is 1. The van der Waals surface area contributed by atoms with Crippen LogP contribution in [0.25, 0.3) is 0 Å². The van der Waals surface area contributed by atoms with Gasteiger partial charge in [-0.05, 0) is 18.6 Å². The zero-order valence-electron chi connectivity index (χ0n) is 9.46.